The van der Waals surface area contributed by atoms with Gasteiger partial charge >= 0.3 is 0 Å². The van der Waals surface area contributed by atoms with Crippen LogP contribution in [0.4, 0.5) is 0 Å². The summed E-state index contributed by atoms with van der Waals surface area (Å²) in [6.07, 6.45) is 6.09. The highest BCUT2D eigenvalue weighted by atomic mass is 15.1. The number of hydrogen-bond donors (Lipinski definition) is 1. The lowest BCUT2D eigenvalue weighted by Gasteiger charge is -2.32. The molecule has 1 aliphatic heterocycles. The van der Waals surface area contributed by atoms with Crippen LogP contribution in [0.1, 0.15) is 44.6 Å². The second-order valence-corrected chi connectivity index (χ2v) is 5.77. The molecule has 0 amide bonds. The molecule has 0 bridgehead atoms. The third-order valence-electron chi connectivity index (χ3n) is 3.93. The van der Waals surface area contributed by atoms with Gasteiger partial charge in [0.25, 0.3) is 0 Å². The zero-order valence-electron chi connectivity index (χ0n) is 11.6. The van der Waals surface area contributed by atoms with E-state index in [-0.39, 0.29) is 5.54 Å². The van der Waals surface area contributed by atoms with Crippen LogP contribution in [-0.2, 0) is 6.54 Å². The van der Waals surface area contributed by atoms with Gasteiger partial charge in [-0.3, -0.25) is 4.90 Å². The Morgan fingerprint density at radius 1 is 1.22 bits per heavy atom. The number of nitrogens with zero attached hydrogens (tertiary/aromatic N) is 1. The zero-order valence-corrected chi connectivity index (χ0v) is 11.6. The Balaban J connectivity index is 1.99. The summed E-state index contributed by atoms with van der Waals surface area (Å²) < 4.78 is 0. The van der Waals surface area contributed by atoms with Crippen LogP contribution in [0, 0.1) is 0 Å². The van der Waals surface area contributed by atoms with E-state index in [2.05, 4.69) is 42.2 Å². The fraction of sp³-hybridized carbons (Fsp3) is 0.625. The van der Waals surface area contributed by atoms with Gasteiger partial charge in [-0.2, -0.15) is 0 Å². The molecule has 0 spiro atoms. The largest absolute Gasteiger partial charge is 0.324 e. The summed E-state index contributed by atoms with van der Waals surface area (Å²) in [5.41, 5.74) is 8.01. The molecule has 1 aromatic rings. The van der Waals surface area contributed by atoms with Gasteiger partial charge in [0.15, 0.2) is 0 Å². The molecule has 0 saturated carbocycles. The standard InChI is InChI=1S/C16H26N2/c1-2-10-16(17)11-6-7-12-18(14-16)13-15-8-4-3-5-9-15/h3-5,8-9H,2,6-7,10-14,17H2,1H3. The maximum Gasteiger partial charge on any atom is 0.0283 e. The third kappa shape index (κ3) is 3.82. The molecule has 1 aromatic carbocycles. The summed E-state index contributed by atoms with van der Waals surface area (Å²) in [6.45, 7) is 5.53. The van der Waals surface area contributed by atoms with Gasteiger partial charge < -0.3 is 5.73 Å². The van der Waals surface area contributed by atoms with E-state index >= 15 is 0 Å². The van der Waals surface area contributed by atoms with Gasteiger partial charge in [-0.05, 0) is 31.4 Å². The van der Waals surface area contributed by atoms with Crippen molar-refractivity contribution < 1.29 is 0 Å². The van der Waals surface area contributed by atoms with Crippen molar-refractivity contribution in [3.63, 3.8) is 0 Å². The lowest BCUT2D eigenvalue weighted by Crippen LogP contribution is -2.48. The van der Waals surface area contributed by atoms with Gasteiger partial charge in [0.05, 0.1) is 0 Å². The van der Waals surface area contributed by atoms with Crippen LogP contribution >= 0.6 is 0 Å². The number of rotatable bonds is 4. The molecule has 18 heavy (non-hydrogen) atoms. The first kappa shape index (κ1) is 13.6. The molecule has 2 heteroatoms. The molecule has 1 atom stereocenters. The van der Waals surface area contributed by atoms with E-state index in [0.717, 1.165) is 19.5 Å². The molecule has 2 N–H and O–H groups in total. The van der Waals surface area contributed by atoms with Crippen LogP contribution < -0.4 is 5.73 Å². The Morgan fingerprint density at radius 3 is 2.72 bits per heavy atom. The van der Waals surface area contributed by atoms with E-state index < -0.39 is 0 Å². The Bertz CT molecular complexity index is 349. The molecule has 0 radical (unpaired) electrons. The second kappa shape index (κ2) is 6.35. The Morgan fingerprint density at radius 2 is 2.00 bits per heavy atom. The van der Waals surface area contributed by atoms with Crippen LogP contribution in [0.2, 0.25) is 0 Å². The number of hydrogen-bond acceptors (Lipinski definition) is 2. The monoisotopic (exact) mass is 246 g/mol. The normalized spacial score (nSPS) is 25.9. The molecule has 1 saturated heterocycles. The predicted octanol–water partition coefficient (Wildman–Crippen LogP) is 3.17. The summed E-state index contributed by atoms with van der Waals surface area (Å²) in [4.78, 5) is 2.54. The van der Waals surface area contributed by atoms with Gasteiger partial charge in [-0.1, -0.05) is 50.1 Å². The van der Waals surface area contributed by atoms with Crippen molar-refractivity contribution in [2.75, 3.05) is 13.1 Å². The van der Waals surface area contributed by atoms with E-state index in [0.29, 0.717) is 0 Å². The van der Waals surface area contributed by atoms with Crippen LogP contribution in [-0.4, -0.2) is 23.5 Å². The maximum absolute atomic E-state index is 6.57. The summed E-state index contributed by atoms with van der Waals surface area (Å²) >= 11 is 0. The SMILES string of the molecule is CCCC1(N)CCCCN(Cc2ccccc2)C1. The smallest absolute Gasteiger partial charge is 0.0283 e. The van der Waals surface area contributed by atoms with Gasteiger partial charge in [0, 0.05) is 18.6 Å². The summed E-state index contributed by atoms with van der Waals surface area (Å²) in [7, 11) is 0. The molecule has 1 unspecified atom stereocenters. The van der Waals surface area contributed by atoms with Crippen molar-refractivity contribution in [3.05, 3.63) is 35.9 Å². The van der Waals surface area contributed by atoms with Crippen molar-refractivity contribution in [3.8, 4) is 0 Å². The molecule has 2 rings (SSSR count). The lowest BCUT2D eigenvalue weighted by atomic mass is 9.89. The summed E-state index contributed by atoms with van der Waals surface area (Å²) in [5, 5.41) is 0. The first-order valence-electron chi connectivity index (χ1n) is 7.27. The maximum atomic E-state index is 6.57. The lowest BCUT2D eigenvalue weighted by molar-refractivity contribution is 0.209. The van der Waals surface area contributed by atoms with E-state index in [1.165, 1.54) is 37.8 Å². The average Bonchev–Trinajstić information content (AvgIpc) is 2.53. The molecule has 1 fully saturated rings. The highest BCUT2D eigenvalue weighted by Crippen LogP contribution is 2.24. The minimum atomic E-state index is 0.0417. The molecule has 0 aliphatic carbocycles. The van der Waals surface area contributed by atoms with E-state index in [9.17, 15) is 0 Å². The van der Waals surface area contributed by atoms with Crippen molar-refractivity contribution >= 4 is 0 Å². The van der Waals surface area contributed by atoms with Gasteiger partial charge in [-0.25, -0.2) is 0 Å². The van der Waals surface area contributed by atoms with Crippen LogP contribution in [0.25, 0.3) is 0 Å². The fourth-order valence-electron chi connectivity index (χ4n) is 3.09. The molecule has 1 aliphatic rings. The number of benzene rings is 1. The molecule has 2 nitrogen and oxygen atoms in total. The predicted molar refractivity (Wildman–Crippen MR) is 77.4 cm³/mol. The highest BCUT2D eigenvalue weighted by Gasteiger charge is 2.28. The quantitative estimate of drug-likeness (QED) is 0.884. The van der Waals surface area contributed by atoms with Crippen molar-refractivity contribution in [2.45, 2.75) is 51.1 Å². The zero-order chi connectivity index (χ0) is 12.8. The summed E-state index contributed by atoms with van der Waals surface area (Å²) in [5.74, 6) is 0. The molecular weight excluding hydrogens is 220 g/mol. The average molecular weight is 246 g/mol. The molecular formula is C16H26N2. The van der Waals surface area contributed by atoms with Crippen LogP contribution in [0.5, 0.6) is 0 Å². The van der Waals surface area contributed by atoms with Crippen molar-refractivity contribution in [1.29, 1.82) is 0 Å². The first-order chi connectivity index (χ1) is 8.72. The number of nitrogens with two attached hydrogens (primary N) is 1. The minimum Gasteiger partial charge on any atom is -0.324 e. The number of likely N-dealkylation sites (tertiary alicyclic amines) is 1. The molecule has 100 valence electrons. The van der Waals surface area contributed by atoms with Gasteiger partial charge in [0.2, 0.25) is 0 Å². The Labute approximate surface area is 111 Å². The van der Waals surface area contributed by atoms with Gasteiger partial charge in [-0.15, -0.1) is 0 Å². The van der Waals surface area contributed by atoms with Crippen LogP contribution in [0.15, 0.2) is 30.3 Å². The Hall–Kier alpha value is -0.860. The van der Waals surface area contributed by atoms with E-state index in [4.69, 9.17) is 5.73 Å². The minimum absolute atomic E-state index is 0.0417. The third-order valence-corrected chi connectivity index (χ3v) is 3.93. The molecule has 0 aromatic heterocycles. The summed E-state index contributed by atoms with van der Waals surface area (Å²) in [6, 6.07) is 10.7. The van der Waals surface area contributed by atoms with E-state index in [1.807, 2.05) is 0 Å². The first-order valence-corrected chi connectivity index (χ1v) is 7.27. The van der Waals surface area contributed by atoms with Gasteiger partial charge in [0.1, 0.15) is 0 Å². The fourth-order valence-corrected chi connectivity index (χ4v) is 3.09. The molecule has 1 heterocycles. The van der Waals surface area contributed by atoms with Crippen molar-refractivity contribution in [1.82, 2.24) is 4.90 Å². The van der Waals surface area contributed by atoms with Crippen LogP contribution in [0.3, 0.4) is 0 Å². The topological polar surface area (TPSA) is 29.3 Å². The highest BCUT2D eigenvalue weighted by molar-refractivity contribution is 5.14. The van der Waals surface area contributed by atoms with Crippen molar-refractivity contribution in [2.24, 2.45) is 5.73 Å². The van der Waals surface area contributed by atoms with E-state index in [1.54, 1.807) is 0 Å². The second-order valence-electron chi connectivity index (χ2n) is 5.77. The Kier molecular flexibility index (Phi) is 4.79.